The Morgan fingerprint density at radius 1 is 1.16 bits per heavy atom. The molecule has 3 nitrogen and oxygen atoms in total. The van der Waals surface area contributed by atoms with E-state index in [9.17, 15) is 0 Å². The minimum absolute atomic E-state index is 0.410. The van der Waals surface area contributed by atoms with Crippen molar-refractivity contribution < 1.29 is 0 Å². The number of aryl methyl sites for hydroxylation is 1. The van der Waals surface area contributed by atoms with Gasteiger partial charge in [-0.05, 0) is 24.0 Å². The van der Waals surface area contributed by atoms with Crippen LogP contribution in [0.5, 0.6) is 0 Å². The fraction of sp³-hybridized carbons (Fsp3) is 0.467. The van der Waals surface area contributed by atoms with Crippen molar-refractivity contribution in [3.8, 4) is 0 Å². The molecule has 0 aliphatic heterocycles. The summed E-state index contributed by atoms with van der Waals surface area (Å²) in [5.74, 6) is 2.82. The summed E-state index contributed by atoms with van der Waals surface area (Å²) in [5, 5.41) is 8.50. The number of rotatable bonds is 5. The predicted octanol–water partition coefficient (Wildman–Crippen LogP) is 3.57. The fourth-order valence-electron chi connectivity index (χ4n) is 2.16. The van der Waals surface area contributed by atoms with E-state index in [0.717, 1.165) is 24.6 Å². The molecule has 0 saturated carbocycles. The zero-order valence-corrected chi connectivity index (χ0v) is 12.5. The van der Waals surface area contributed by atoms with Crippen molar-refractivity contribution in [2.45, 2.75) is 39.6 Å². The Balaban J connectivity index is 2.30. The van der Waals surface area contributed by atoms with E-state index in [0.29, 0.717) is 11.8 Å². The molecule has 0 radical (unpaired) electrons. The van der Waals surface area contributed by atoms with Gasteiger partial charge in [0.15, 0.2) is 0 Å². The van der Waals surface area contributed by atoms with Gasteiger partial charge in [0.1, 0.15) is 11.6 Å². The van der Waals surface area contributed by atoms with Crippen LogP contribution in [0.15, 0.2) is 24.3 Å². The molecule has 0 unspecified atom stereocenters. The van der Waals surface area contributed by atoms with Gasteiger partial charge in [0.2, 0.25) is 0 Å². The lowest BCUT2D eigenvalue weighted by atomic mass is 10.1. The molecule has 0 saturated heterocycles. The maximum Gasteiger partial charge on any atom is 0.147 e. The highest BCUT2D eigenvalue weighted by atomic mass is 35.5. The van der Waals surface area contributed by atoms with Crippen LogP contribution in [0.2, 0.25) is 0 Å². The number of halogens is 1. The molecule has 0 aliphatic rings. The largest absolute Gasteiger partial charge is 0.313 e. The van der Waals surface area contributed by atoms with E-state index in [1.54, 1.807) is 0 Å². The second-order valence-corrected chi connectivity index (χ2v) is 5.54. The van der Waals surface area contributed by atoms with Gasteiger partial charge in [-0.1, -0.05) is 38.1 Å². The molecule has 0 fully saturated rings. The van der Waals surface area contributed by atoms with E-state index in [-0.39, 0.29) is 0 Å². The van der Waals surface area contributed by atoms with Gasteiger partial charge in [-0.25, -0.2) is 0 Å². The Hall–Kier alpha value is -1.35. The van der Waals surface area contributed by atoms with E-state index in [4.69, 9.17) is 11.6 Å². The van der Waals surface area contributed by atoms with Gasteiger partial charge >= 0.3 is 0 Å². The predicted molar refractivity (Wildman–Crippen MR) is 78.4 cm³/mol. The average Bonchev–Trinajstić information content (AvgIpc) is 2.74. The molecule has 0 amide bonds. The molecule has 0 spiro atoms. The van der Waals surface area contributed by atoms with Crippen molar-refractivity contribution in [3.63, 3.8) is 0 Å². The highest BCUT2D eigenvalue weighted by Crippen LogP contribution is 2.15. The van der Waals surface area contributed by atoms with Crippen LogP contribution in [0.1, 0.15) is 36.6 Å². The molecule has 4 heteroatoms. The van der Waals surface area contributed by atoms with E-state index < -0.39 is 0 Å². The first-order valence-corrected chi connectivity index (χ1v) is 7.16. The first-order chi connectivity index (χ1) is 9.11. The number of aromatic nitrogens is 3. The molecule has 0 aliphatic carbocycles. The van der Waals surface area contributed by atoms with E-state index in [1.807, 2.05) is 0 Å². The molecule has 102 valence electrons. The Morgan fingerprint density at radius 2 is 1.84 bits per heavy atom. The lowest BCUT2D eigenvalue weighted by Crippen LogP contribution is -2.12. The van der Waals surface area contributed by atoms with Crippen LogP contribution in [0.4, 0.5) is 0 Å². The second-order valence-electron chi connectivity index (χ2n) is 5.27. The number of alkyl halides is 1. The summed E-state index contributed by atoms with van der Waals surface area (Å²) in [4.78, 5) is 0. The summed E-state index contributed by atoms with van der Waals surface area (Å²) in [6, 6.07) is 8.39. The highest BCUT2D eigenvalue weighted by Gasteiger charge is 2.13. The Morgan fingerprint density at radius 3 is 2.47 bits per heavy atom. The van der Waals surface area contributed by atoms with Gasteiger partial charge in [-0.2, -0.15) is 0 Å². The number of hydrogen-bond acceptors (Lipinski definition) is 2. The zero-order valence-electron chi connectivity index (χ0n) is 11.7. The molecule has 1 heterocycles. The van der Waals surface area contributed by atoms with Crippen molar-refractivity contribution >= 4 is 11.6 Å². The Bertz CT molecular complexity index is 546. The van der Waals surface area contributed by atoms with Gasteiger partial charge in [-0.15, -0.1) is 21.8 Å². The smallest absolute Gasteiger partial charge is 0.147 e. The monoisotopic (exact) mass is 277 g/mol. The first-order valence-electron chi connectivity index (χ1n) is 6.63. The van der Waals surface area contributed by atoms with Gasteiger partial charge in [0.05, 0.1) is 5.88 Å². The van der Waals surface area contributed by atoms with Crippen LogP contribution in [0.3, 0.4) is 0 Å². The molecule has 1 aromatic heterocycles. The normalized spacial score (nSPS) is 11.2. The minimum Gasteiger partial charge on any atom is -0.313 e. The van der Waals surface area contributed by atoms with E-state index >= 15 is 0 Å². The standard InChI is InChI=1S/C15H20ClN3/c1-11(2)10-19-14(17-18-15(19)9-16)8-13-7-5-4-6-12(13)3/h4-7,11H,8-10H2,1-3H3. The second kappa shape index (κ2) is 6.20. The minimum atomic E-state index is 0.410. The average molecular weight is 278 g/mol. The van der Waals surface area contributed by atoms with Crippen molar-refractivity contribution in [3.05, 3.63) is 47.0 Å². The van der Waals surface area contributed by atoms with Crippen LogP contribution < -0.4 is 0 Å². The summed E-state index contributed by atoms with van der Waals surface area (Å²) < 4.78 is 2.16. The summed E-state index contributed by atoms with van der Waals surface area (Å²) in [7, 11) is 0. The van der Waals surface area contributed by atoms with Gasteiger partial charge in [0.25, 0.3) is 0 Å². The lowest BCUT2D eigenvalue weighted by Gasteiger charge is -2.12. The molecular formula is C15H20ClN3. The van der Waals surface area contributed by atoms with Crippen molar-refractivity contribution in [2.75, 3.05) is 0 Å². The van der Waals surface area contributed by atoms with Gasteiger partial charge in [0, 0.05) is 13.0 Å². The molecule has 1 aromatic carbocycles. The molecule has 0 bridgehead atoms. The number of nitrogens with zero attached hydrogens (tertiary/aromatic N) is 3. The topological polar surface area (TPSA) is 30.7 Å². The zero-order chi connectivity index (χ0) is 13.8. The summed E-state index contributed by atoms with van der Waals surface area (Å²) in [5.41, 5.74) is 2.58. The Labute approximate surface area is 119 Å². The third kappa shape index (κ3) is 3.35. The molecule has 2 rings (SSSR count). The van der Waals surface area contributed by atoms with E-state index in [1.165, 1.54) is 11.1 Å². The van der Waals surface area contributed by atoms with Crippen molar-refractivity contribution in [1.82, 2.24) is 14.8 Å². The van der Waals surface area contributed by atoms with Gasteiger partial charge in [-0.3, -0.25) is 0 Å². The fourth-order valence-corrected chi connectivity index (χ4v) is 2.35. The van der Waals surface area contributed by atoms with Crippen LogP contribution in [-0.4, -0.2) is 14.8 Å². The van der Waals surface area contributed by atoms with Crippen LogP contribution in [0, 0.1) is 12.8 Å². The molecule has 0 atom stereocenters. The molecule has 19 heavy (non-hydrogen) atoms. The highest BCUT2D eigenvalue weighted by molar-refractivity contribution is 6.16. The molecule has 2 aromatic rings. The third-order valence-electron chi connectivity index (χ3n) is 3.18. The quantitative estimate of drug-likeness (QED) is 0.782. The third-order valence-corrected chi connectivity index (χ3v) is 3.42. The van der Waals surface area contributed by atoms with E-state index in [2.05, 4.69) is 59.8 Å². The summed E-state index contributed by atoms with van der Waals surface area (Å²) in [6.45, 7) is 7.42. The first kappa shape index (κ1) is 14.1. The lowest BCUT2D eigenvalue weighted by molar-refractivity contribution is 0.499. The molecular weight excluding hydrogens is 258 g/mol. The summed E-state index contributed by atoms with van der Waals surface area (Å²) in [6.07, 6.45) is 0.809. The van der Waals surface area contributed by atoms with Crippen LogP contribution in [0.25, 0.3) is 0 Å². The molecule has 0 N–H and O–H groups in total. The van der Waals surface area contributed by atoms with Crippen molar-refractivity contribution in [2.24, 2.45) is 5.92 Å². The number of benzene rings is 1. The van der Waals surface area contributed by atoms with Crippen molar-refractivity contribution in [1.29, 1.82) is 0 Å². The summed E-state index contributed by atoms with van der Waals surface area (Å²) >= 11 is 5.94. The number of hydrogen-bond donors (Lipinski definition) is 0. The van der Waals surface area contributed by atoms with Gasteiger partial charge < -0.3 is 4.57 Å². The maximum atomic E-state index is 5.94. The maximum absolute atomic E-state index is 5.94. The SMILES string of the molecule is Cc1ccccc1Cc1nnc(CCl)n1CC(C)C. The Kier molecular flexibility index (Phi) is 4.59. The van der Waals surface area contributed by atoms with Crippen LogP contribution >= 0.6 is 11.6 Å². The van der Waals surface area contributed by atoms with Crippen LogP contribution in [-0.2, 0) is 18.8 Å².